The molecule has 0 amide bonds. The van der Waals surface area contributed by atoms with E-state index in [2.05, 4.69) is 27.7 Å². The van der Waals surface area contributed by atoms with Crippen LogP contribution < -0.4 is 0 Å². The quantitative estimate of drug-likeness (QED) is 0.680. The summed E-state index contributed by atoms with van der Waals surface area (Å²) in [4.78, 5) is 0. The zero-order chi connectivity index (χ0) is 10.6. The van der Waals surface area contributed by atoms with Crippen molar-refractivity contribution in [1.29, 1.82) is 0 Å². The molecular formula is C13H22O. The van der Waals surface area contributed by atoms with Gasteiger partial charge < -0.3 is 4.42 Å². The molecule has 0 radical (unpaired) electrons. The summed E-state index contributed by atoms with van der Waals surface area (Å²) in [5, 5.41) is 0. The lowest BCUT2D eigenvalue weighted by Crippen LogP contribution is -1.98. The van der Waals surface area contributed by atoms with Crippen molar-refractivity contribution in [3.63, 3.8) is 0 Å². The molecule has 0 saturated carbocycles. The summed E-state index contributed by atoms with van der Waals surface area (Å²) in [6.45, 7) is 8.89. The summed E-state index contributed by atoms with van der Waals surface area (Å²) in [7, 11) is 0. The Bertz CT molecular complexity index is 269. The largest absolute Gasteiger partial charge is 0.468 e. The van der Waals surface area contributed by atoms with Crippen LogP contribution in [0.4, 0.5) is 0 Å². The van der Waals surface area contributed by atoms with Crippen LogP contribution in [0.3, 0.4) is 0 Å². The Morgan fingerprint density at radius 3 is 2.14 bits per heavy atom. The van der Waals surface area contributed by atoms with Crippen molar-refractivity contribution in [1.82, 2.24) is 0 Å². The molecule has 1 heterocycles. The molecule has 0 unspecified atom stereocenters. The first-order chi connectivity index (χ1) is 6.78. The summed E-state index contributed by atoms with van der Waals surface area (Å²) in [5.41, 5.74) is 2.86. The molecule has 0 aliphatic heterocycles. The lowest BCUT2D eigenvalue weighted by Gasteiger charge is -2.11. The summed E-state index contributed by atoms with van der Waals surface area (Å²) >= 11 is 0. The van der Waals surface area contributed by atoms with E-state index in [0.717, 1.165) is 12.8 Å². The van der Waals surface area contributed by atoms with E-state index in [9.17, 15) is 0 Å². The van der Waals surface area contributed by atoms with Gasteiger partial charge in [0.1, 0.15) is 5.76 Å². The third-order valence-corrected chi connectivity index (χ3v) is 3.10. The van der Waals surface area contributed by atoms with Crippen LogP contribution in [0.5, 0.6) is 0 Å². The predicted octanol–water partition coefficient (Wildman–Crippen LogP) is 4.31. The van der Waals surface area contributed by atoms with E-state index in [1.165, 1.54) is 29.7 Å². The average molecular weight is 194 g/mol. The maximum atomic E-state index is 5.72. The van der Waals surface area contributed by atoms with Gasteiger partial charge in [-0.05, 0) is 36.8 Å². The lowest BCUT2D eigenvalue weighted by molar-refractivity contribution is 0.442. The van der Waals surface area contributed by atoms with Gasteiger partial charge in [0.15, 0.2) is 0 Å². The predicted molar refractivity (Wildman–Crippen MR) is 60.8 cm³/mol. The van der Waals surface area contributed by atoms with Gasteiger partial charge in [0, 0.05) is 5.92 Å². The molecule has 1 heteroatoms. The molecule has 0 atom stereocenters. The minimum absolute atomic E-state index is 0.616. The van der Waals surface area contributed by atoms with Crippen LogP contribution in [-0.2, 0) is 12.8 Å². The molecule has 0 N–H and O–H groups in total. The van der Waals surface area contributed by atoms with Gasteiger partial charge in [-0.15, -0.1) is 0 Å². The molecule has 0 aliphatic rings. The third kappa shape index (κ3) is 2.02. The van der Waals surface area contributed by atoms with Gasteiger partial charge in [-0.3, -0.25) is 0 Å². The van der Waals surface area contributed by atoms with Crippen molar-refractivity contribution in [2.24, 2.45) is 0 Å². The van der Waals surface area contributed by atoms with Gasteiger partial charge in [-0.2, -0.15) is 0 Å². The van der Waals surface area contributed by atoms with E-state index in [0.29, 0.717) is 5.92 Å². The first-order valence-corrected chi connectivity index (χ1v) is 5.87. The summed E-state index contributed by atoms with van der Waals surface area (Å²) in [6, 6.07) is 0. The SMILES string of the molecule is CCc1coc(C(CC)CC)c1CC. The Hall–Kier alpha value is -0.720. The highest BCUT2D eigenvalue weighted by atomic mass is 16.3. The average Bonchev–Trinajstić information content (AvgIpc) is 2.62. The molecule has 0 fully saturated rings. The Morgan fingerprint density at radius 2 is 1.71 bits per heavy atom. The Labute approximate surface area is 87.5 Å². The Balaban J connectivity index is 3.01. The fourth-order valence-corrected chi connectivity index (χ4v) is 2.14. The highest BCUT2D eigenvalue weighted by molar-refractivity contribution is 5.30. The topological polar surface area (TPSA) is 13.1 Å². The second kappa shape index (κ2) is 5.23. The van der Waals surface area contributed by atoms with Gasteiger partial charge in [0.2, 0.25) is 0 Å². The van der Waals surface area contributed by atoms with Gasteiger partial charge in [0.25, 0.3) is 0 Å². The second-order valence-corrected chi connectivity index (χ2v) is 3.82. The zero-order valence-corrected chi connectivity index (χ0v) is 9.89. The molecule has 80 valence electrons. The fourth-order valence-electron chi connectivity index (χ4n) is 2.14. The molecule has 1 aromatic rings. The number of hydrogen-bond donors (Lipinski definition) is 0. The fraction of sp³-hybridized carbons (Fsp3) is 0.692. The smallest absolute Gasteiger partial charge is 0.110 e. The summed E-state index contributed by atoms with van der Waals surface area (Å²) < 4.78 is 5.72. The second-order valence-electron chi connectivity index (χ2n) is 3.82. The van der Waals surface area contributed by atoms with Crippen LogP contribution in [0, 0.1) is 0 Å². The Kier molecular flexibility index (Phi) is 4.24. The van der Waals surface area contributed by atoms with Crippen LogP contribution in [-0.4, -0.2) is 0 Å². The van der Waals surface area contributed by atoms with Crippen LogP contribution >= 0.6 is 0 Å². The molecular weight excluding hydrogens is 172 g/mol. The van der Waals surface area contributed by atoms with Crippen molar-refractivity contribution in [2.75, 3.05) is 0 Å². The van der Waals surface area contributed by atoms with Crippen LogP contribution in [0.1, 0.15) is 63.3 Å². The molecule has 0 spiro atoms. The van der Waals surface area contributed by atoms with E-state index < -0.39 is 0 Å². The molecule has 1 nitrogen and oxygen atoms in total. The van der Waals surface area contributed by atoms with Crippen molar-refractivity contribution < 1.29 is 4.42 Å². The summed E-state index contributed by atoms with van der Waals surface area (Å²) in [6.07, 6.45) is 6.51. The van der Waals surface area contributed by atoms with Crippen molar-refractivity contribution in [2.45, 2.75) is 59.3 Å². The maximum Gasteiger partial charge on any atom is 0.110 e. The van der Waals surface area contributed by atoms with E-state index in [4.69, 9.17) is 4.42 Å². The highest BCUT2D eigenvalue weighted by Crippen LogP contribution is 2.30. The normalized spacial score (nSPS) is 11.2. The van der Waals surface area contributed by atoms with Crippen molar-refractivity contribution >= 4 is 0 Å². The van der Waals surface area contributed by atoms with Crippen LogP contribution in [0.25, 0.3) is 0 Å². The first-order valence-electron chi connectivity index (χ1n) is 5.87. The van der Waals surface area contributed by atoms with Gasteiger partial charge in [0.05, 0.1) is 6.26 Å². The first kappa shape index (κ1) is 11.4. The van der Waals surface area contributed by atoms with E-state index in [1.54, 1.807) is 0 Å². The lowest BCUT2D eigenvalue weighted by atomic mass is 9.94. The van der Waals surface area contributed by atoms with E-state index >= 15 is 0 Å². The van der Waals surface area contributed by atoms with Crippen molar-refractivity contribution in [3.05, 3.63) is 23.2 Å². The van der Waals surface area contributed by atoms with Crippen LogP contribution in [0.2, 0.25) is 0 Å². The van der Waals surface area contributed by atoms with E-state index in [1.807, 2.05) is 6.26 Å². The maximum absolute atomic E-state index is 5.72. The number of furan rings is 1. The van der Waals surface area contributed by atoms with Gasteiger partial charge in [-0.1, -0.05) is 27.7 Å². The number of hydrogen-bond acceptors (Lipinski definition) is 1. The van der Waals surface area contributed by atoms with Crippen LogP contribution in [0.15, 0.2) is 10.7 Å². The number of rotatable bonds is 5. The standard InChI is InChI=1S/C13H22O/c1-5-10(6-2)13-12(8-4)11(7-3)9-14-13/h9-10H,5-8H2,1-4H3. The Morgan fingerprint density at radius 1 is 1.07 bits per heavy atom. The monoisotopic (exact) mass is 194 g/mol. The zero-order valence-electron chi connectivity index (χ0n) is 9.89. The highest BCUT2D eigenvalue weighted by Gasteiger charge is 2.17. The van der Waals surface area contributed by atoms with E-state index in [-0.39, 0.29) is 0 Å². The minimum atomic E-state index is 0.616. The molecule has 0 saturated heterocycles. The molecule has 14 heavy (non-hydrogen) atoms. The number of aryl methyl sites for hydroxylation is 1. The molecule has 0 aliphatic carbocycles. The molecule has 1 aromatic heterocycles. The third-order valence-electron chi connectivity index (χ3n) is 3.10. The molecule has 0 bridgehead atoms. The van der Waals surface area contributed by atoms with Crippen molar-refractivity contribution in [3.8, 4) is 0 Å². The van der Waals surface area contributed by atoms with Gasteiger partial charge in [-0.25, -0.2) is 0 Å². The molecule has 0 aromatic carbocycles. The van der Waals surface area contributed by atoms with Gasteiger partial charge >= 0.3 is 0 Å². The summed E-state index contributed by atoms with van der Waals surface area (Å²) in [5.74, 6) is 1.86. The minimum Gasteiger partial charge on any atom is -0.468 e. The molecule has 1 rings (SSSR count).